The van der Waals surface area contributed by atoms with E-state index >= 15 is 0 Å². The fourth-order valence-corrected chi connectivity index (χ4v) is 2.76. The van der Waals surface area contributed by atoms with Crippen LogP contribution < -0.4 is 15.1 Å². The van der Waals surface area contributed by atoms with Crippen LogP contribution in [0.15, 0.2) is 52.9 Å². The molecular formula is C21H24BF4NO2. The third-order valence-corrected chi connectivity index (χ3v) is 4.18. The molecule has 0 amide bonds. The van der Waals surface area contributed by atoms with Crippen molar-refractivity contribution in [1.29, 1.82) is 0 Å². The van der Waals surface area contributed by atoms with E-state index in [4.69, 9.17) is 9.15 Å². The molecular weight excluding hydrogens is 385 g/mol. The van der Waals surface area contributed by atoms with Crippen LogP contribution in [0.25, 0.3) is 22.3 Å². The van der Waals surface area contributed by atoms with E-state index in [1.54, 1.807) is 7.11 Å². The highest BCUT2D eigenvalue weighted by Gasteiger charge is 2.20. The quantitative estimate of drug-likeness (QED) is 0.502. The van der Waals surface area contributed by atoms with Crippen molar-refractivity contribution in [1.82, 2.24) is 0 Å². The number of methoxy groups -OCH3 is 1. The summed E-state index contributed by atoms with van der Waals surface area (Å²) in [6.45, 7) is 5.28. The number of benzene rings is 2. The Hall–Kier alpha value is -2.77. The molecule has 0 aliphatic heterocycles. The van der Waals surface area contributed by atoms with E-state index in [0.29, 0.717) is 0 Å². The van der Waals surface area contributed by atoms with Crippen LogP contribution in [-0.2, 0) is 6.42 Å². The molecule has 0 fully saturated rings. The van der Waals surface area contributed by atoms with Crippen LogP contribution in [0.2, 0.25) is 0 Å². The van der Waals surface area contributed by atoms with Gasteiger partial charge in [0.15, 0.2) is 0 Å². The van der Waals surface area contributed by atoms with Gasteiger partial charge in [-0.3, -0.25) is 0 Å². The van der Waals surface area contributed by atoms with Crippen LogP contribution in [0, 0.1) is 0 Å². The Morgan fingerprint density at radius 1 is 0.966 bits per heavy atom. The first kappa shape index (κ1) is 22.5. The molecule has 1 aromatic heterocycles. The van der Waals surface area contributed by atoms with Crippen LogP contribution in [0.3, 0.4) is 0 Å². The summed E-state index contributed by atoms with van der Waals surface area (Å²) in [4.78, 5) is 3.54. The molecule has 3 aromatic rings. The molecule has 8 heteroatoms. The van der Waals surface area contributed by atoms with Gasteiger partial charge in [0.2, 0.25) is 5.36 Å². The molecule has 0 aliphatic rings. The highest BCUT2D eigenvalue weighted by molar-refractivity contribution is 6.50. The van der Waals surface area contributed by atoms with E-state index in [0.717, 1.165) is 52.8 Å². The number of ether oxygens (including phenoxy) is 1. The number of halogens is 4. The monoisotopic (exact) mass is 409 g/mol. The third kappa shape index (κ3) is 6.96. The summed E-state index contributed by atoms with van der Waals surface area (Å²) < 4.78 is 50.4. The van der Waals surface area contributed by atoms with Gasteiger partial charge >= 0.3 is 7.25 Å². The van der Waals surface area contributed by atoms with Gasteiger partial charge in [0.25, 0.3) is 0 Å². The zero-order valence-electron chi connectivity index (χ0n) is 16.6. The van der Waals surface area contributed by atoms with E-state index < -0.39 is 7.25 Å². The number of nitrogens with one attached hydrogen (secondary N) is 1. The Labute approximate surface area is 167 Å². The fraction of sp³-hybridized carbons (Fsp3) is 0.286. The number of rotatable bonds is 5. The maximum absolute atomic E-state index is 9.75. The highest BCUT2D eigenvalue weighted by atomic mass is 19.5. The van der Waals surface area contributed by atoms with E-state index in [1.165, 1.54) is 5.56 Å². The SMILES string of the molecule is CCC[NH+]=c1cc(-c2ccc(OC)cc2)oc2ccc(CC)cc12.F[B-](F)(F)F. The van der Waals surface area contributed by atoms with Gasteiger partial charge in [0.1, 0.15) is 23.6 Å². The molecule has 3 nitrogen and oxygen atoms in total. The number of fused-ring (bicyclic) bond motifs is 1. The predicted molar refractivity (Wildman–Crippen MR) is 107 cm³/mol. The summed E-state index contributed by atoms with van der Waals surface area (Å²) >= 11 is 0. The normalized spacial score (nSPS) is 11.9. The van der Waals surface area contributed by atoms with Gasteiger partial charge in [-0.1, -0.05) is 19.9 Å². The summed E-state index contributed by atoms with van der Waals surface area (Å²) in [7, 11) is -4.33. The van der Waals surface area contributed by atoms with Crippen molar-refractivity contribution in [2.24, 2.45) is 0 Å². The minimum atomic E-state index is -6.00. The second-order valence-corrected chi connectivity index (χ2v) is 6.36. The van der Waals surface area contributed by atoms with Crippen LogP contribution >= 0.6 is 0 Å². The zero-order chi connectivity index (χ0) is 21.4. The number of aryl methyl sites for hydroxylation is 1. The van der Waals surface area contributed by atoms with Crippen molar-refractivity contribution in [3.8, 4) is 17.1 Å². The molecule has 0 atom stereocenters. The number of hydrogen-bond acceptors (Lipinski definition) is 2. The smallest absolute Gasteiger partial charge is 0.497 e. The summed E-state index contributed by atoms with van der Waals surface area (Å²) in [6.07, 6.45) is 2.10. The summed E-state index contributed by atoms with van der Waals surface area (Å²) in [5, 5.41) is 2.26. The average Bonchev–Trinajstić information content (AvgIpc) is 2.70. The fourth-order valence-electron chi connectivity index (χ4n) is 2.76. The van der Waals surface area contributed by atoms with Gasteiger partial charge in [-0.05, 0) is 48.4 Å². The summed E-state index contributed by atoms with van der Waals surface area (Å²) in [5.74, 6) is 1.70. The van der Waals surface area contributed by atoms with Crippen LogP contribution in [-0.4, -0.2) is 20.9 Å². The van der Waals surface area contributed by atoms with Crippen molar-refractivity contribution in [3.05, 3.63) is 59.5 Å². The standard InChI is InChI=1S/C21H23NO2.BF4/c1-4-12-22-19-14-21(16-7-9-17(23-3)10-8-16)24-20-11-6-15(5-2)13-18(19)20;2-1(3,4)5/h6-11,13-14H,4-5,12H2,1-3H3;/q;-1/p+1. The van der Waals surface area contributed by atoms with Crippen molar-refractivity contribution >= 4 is 18.2 Å². The van der Waals surface area contributed by atoms with Crippen molar-refractivity contribution in [2.75, 3.05) is 13.7 Å². The second-order valence-electron chi connectivity index (χ2n) is 6.36. The zero-order valence-corrected chi connectivity index (χ0v) is 16.6. The summed E-state index contributed by atoms with van der Waals surface area (Å²) in [6, 6.07) is 16.5. The molecule has 0 unspecified atom stereocenters. The second kappa shape index (κ2) is 10.1. The van der Waals surface area contributed by atoms with Gasteiger partial charge in [0, 0.05) is 12.0 Å². The minimum absolute atomic E-state index is 0.844. The number of hydrogen-bond donors (Lipinski definition) is 1. The largest absolute Gasteiger partial charge is 0.673 e. The van der Waals surface area contributed by atoms with Gasteiger partial charge in [-0.15, -0.1) is 0 Å². The van der Waals surface area contributed by atoms with Gasteiger partial charge in [0.05, 0.1) is 18.6 Å². The van der Waals surface area contributed by atoms with Crippen molar-refractivity contribution < 1.29 is 31.4 Å². The minimum Gasteiger partial charge on any atom is -0.497 e. The van der Waals surface area contributed by atoms with Gasteiger partial charge in [-0.2, -0.15) is 0 Å². The molecule has 0 spiro atoms. The van der Waals surface area contributed by atoms with Crippen LogP contribution in [0.1, 0.15) is 25.8 Å². The molecule has 3 rings (SSSR count). The lowest BCUT2D eigenvalue weighted by Gasteiger charge is -2.05. The predicted octanol–water partition coefficient (Wildman–Crippen LogP) is 4.36. The lowest BCUT2D eigenvalue weighted by atomic mass is 10.1. The van der Waals surface area contributed by atoms with Gasteiger partial charge in [-0.25, -0.2) is 4.99 Å². The lowest BCUT2D eigenvalue weighted by molar-refractivity contribution is -0.499. The van der Waals surface area contributed by atoms with Crippen molar-refractivity contribution in [3.63, 3.8) is 0 Å². The lowest BCUT2D eigenvalue weighted by Crippen LogP contribution is -2.76. The molecule has 0 bridgehead atoms. The maximum Gasteiger partial charge on any atom is 0.673 e. The molecule has 2 aromatic carbocycles. The van der Waals surface area contributed by atoms with E-state index in [1.807, 2.05) is 24.3 Å². The maximum atomic E-state index is 9.75. The Morgan fingerprint density at radius 2 is 1.62 bits per heavy atom. The average molecular weight is 409 g/mol. The Kier molecular flexibility index (Phi) is 7.87. The molecule has 0 saturated heterocycles. The summed E-state index contributed by atoms with van der Waals surface area (Å²) in [5.41, 5.74) is 3.25. The van der Waals surface area contributed by atoms with Crippen molar-refractivity contribution in [2.45, 2.75) is 26.7 Å². The molecule has 1 heterocycles. The highest BCUT2D eigenvalue weighted by Crippen LogP contribution is 2.24. The first-order valence-electron chi connectivity index (χ1n) is 9.40. The van der Waals surface area contributed by atoms with E-state index in [2.05, 4.69) is 43.1 Å². The van der Waals surface area contributed by atoms with Gasteiger partial charge < -0.3 is 26.4 Å². The van der Waals surface area contributed by atoms with E-state index in [9.17, 15) is 17.3 Å². The Bertz CT molecular complexity index is 992. The molecule has 1 N–H and O–H groups in total. The molecule has 156 valence electrons. The molecule has 29 heavy (non-hydrogen) atoms. The Balaban J connectivity index is 0.000000537. The molecule has 0 radical (unpaired) electrons. The van der Waals surface area contributed by atoms with E-state index in [-0.39, 0.29) is 0 Å². The molecule has 0 saturated carbocycles. The first-order chi connectivity index (χ1) is 13.7. The molecule has 0 aliphatic carbocycles. The van der Waals surface area contributed by atoms with Crippen LogP contribution in [0.5, 0.6) is 5.75 Å². The third-order valence-electron chi connectivity index (χ3n) is 4.18. The Morgan fingerprint density at radius 3 is 2.17 bits per heavy atom. The van der Waals surface area contributed by atoms with Crippen LogP contribution in [0.4, 0.5) is 17.3 Å². The topological polar surface area (TPSA) is 36.3 Å². The first-order valence-corrected chi connectivity index (χ1v) is 9.40.